The molecule has 0 N–H and O–H groups in total. The fourth-order valence-corrected chi connectivity index (χ4v) is 10.1. The van der Waals surface area contributed by atoms with E-state index in [2.05, 4.69) is 166 Å². The summed E-state index contributed by atoms with van der Waals surface area (Å²) in [5.41, 5.74) is 14.7. The van der Waals surface area contributed by atoms with Crippen molar-refractivity contribution >= 4 is 71.1 Å². The van der Waals surface area contributed by atoms with E-state index in [9.17, 15) is 5.26 Å². The van der Waals surface area contributed by atoms with Crippen LogP contribution >= 0.6 is 0 Å². The molecule has 5 heteroatoms. The molecular formula is C53H33N5. The molecule has 3 aromatic heterocycles. The molecule has 0 fully saturated rings. The average molecular weight is 740 g/mol. The maximum absolute atomic E-state index is 10.8. The standard InChI is InChI=1S/C53H33N5/c1-53(2)42-28-50-40(36-19-9-11-21-45(36)56(50)33-15-5-4-6-16-33)26-38(42)39-27-41-37-20-10-14-24-48(37)58(51(41)29-43(39)53)52-25-32(31-54)49(30-44(52)55-3)57-46-22-12-7-17-34(46)35-18-8-13-23-47(35)57/h4-30H,1-2H3. The van der Waals surface area contributed by atoms with Crippen LogP contribution < -0.4 is 0 Å². The molecule has 12 rings (SSSR count). The average Bonchev–Trinajstić information content (AvgIpc) is 3.95. The summed E-state index contributed by atoms with van der Waals surface area (Å²) in [5.74, 6) is 0. The minimum Gasteiger partial charge on any atom is -0.319 e. The molecule has 0 amide bonds. The van der Waals surface area contributed by atoms with Crippen molar-refractivity contribution in [1.82, 2.24) is 13.7 Å². The molecule has 3 heterocycles. The molecule has 5 nitrogen and oxygen atoms in total. The van der Waals surface area contributed by atoms with Crippen molar-refractivity contribution in [2.45, 2.75) is 19.3 Å². The molecule has 0 atom stereocenters. The summed E-state index contributed by atoms with van der Waals surface area (Å²) in [6.07, 6.45) is 0. The molecule has 0 radical (unpaired) electrons. The Morgan fingerprint density at radius 2 is 0.897 bits per heavy atom. The maximum atomic E-state index is 10.8. The molecule has 0 saturated heterocycles. The summed E-state index contributed by atoms with van der Waals surface area (Å²) in [6, 6.07) is 60.2. The Balaban J connectivity index is 1.12. The number of para-hydroxylation sites is 5. The van der Waals surface area contributed by atoms with Gasteiger partial charge in [-0.05, 0) is 95.1 Å². The second kappa shape index (κ2) is 11.6. The van der Waals surface area contributed by atoms with Crippen LogP contribution in [-0.4, -0.2) is 13.7 Å². The van der Waals surface area contributed by atoms with Crippen LogP contribution in [0.4, 0.5) is 5.69 Å². The zero-order chi connectivity index (χ0) is 38.9. The van der Waals surface area contributed by atoms with Gasteiger partial charge >= 0.3 is 0 Å². The Kier molecular flexibility index (Phi) is 6.47. The fourth-order valence-electron chi connectivity index (χ4n) is 10.1. The quantitative estimate of drug-likeness (QED) is 0.166. The van der Waals surface area contributed by atoms with Crippen molar-refractivity contribution in [3.05, 3.63) is 192 Å². The van der Waals surface area contributed by atoms with Gasteiger partial charge in [-0.2, -0.15) is 5.26 Å². The van der Waals surface area contributed by atoms with Crippen molar-refractivity contribution in [3.8, 4) is 34.3 Å². The second-order valence-electron chi connectivity index (χ2n) is 15.9. The van der Waals surface area contributed by atoms with E-state index in [-0.39, 0.29) is 5.41 Å². The van der Waals surface area contributed by atoms with E-state index in [4.69, 9.17) is 6.57 Å². The van der Waals surface area contributed by atoms with Gasteiger partial charge in [-0.1, -0.05) is 105 Å². The number of aromatic nitrogens is 3. The summed E-state index contributed by atoms with van der Waals surface area (Å²) in [5, 5.41) is 17.7. The van der Waals surface area contributed by atoms with Gasteiger partial charge in [-0.3, -0.25) is 0 Å². The van der Waals surface area contributed by atoms with Crippen LogP contribution in [0.2, 0.25) is 0 Å². The zero-order valence-corrected chi connectivity index (χ0v) is 31.8. The van der Waals surface area contributed by atoms with Crippen molar-refractivity contribution in [1.29, 1.82) is 5.26 Å². The first-order valence-electron chi connectivity index (χ1n) is 19.6. The lowest BCUT2D eigenvalue weighted by Gasteiger charge is -2.22. The smallest absolute Gasteiger partial charge is 0.212 e. The third-order valence-corrected chi connectivity index (χ3v) is 12.7. The van der Waals surface area contributed by atoms with Crippen LogP contribution in [0.5, 0.6) is 0 Å². The lowest BCUT2D eigenvalue weighted by molar-refractivity contribution is 0.661. The first-order valence-corrected chi connectivity index (χ1v) is 19.6. The SMILES string of the molecule is [C-]#[N+]c1cc(-n2c3ccccc3c3ccccc32)c(C#N)cc1-n1c2ccccc2c2cc3c(cc21)C(C)(C)c1cc2c(cc1-3)c1ccccc1n2-c1ccccc1. The molecule has 1 aliphatic rings. The third-order valence-electron chi connectivity index (χ3n) is 12.7. The molecule has 0 saturated carbocycles. The molecule has 270 valence electrons. The fraction of sp³-hybridized carbons (Fsp3) is 0.0566. The molecular weight excluding hydrogens is 707 g/mol. The van der Waals surface area contributed by atoms with Gasteiger partial charge in [0.2, 0.25) is 5.69 Å². The molecule has 1 aliphatic carbocycles. The lowest BCUT2D eigenvalue weighted by Crippen LogP contribution is -2.15. The number of hydrogen-bond donors (Lipinski definition) is 0. The highest BCUT2D eigenvalue weighted by molar-refractivity contribution is 6.15. The maximum Gasteiger partial charge on any atom is 0.212 e. The third kappa shape index (κ3) is 4.17. The van der Waals surface area contributed by atoms with Crippen LogP contribution in [0.15, 0.2) is 164 Å². The van der Waals surface area contributed by atoms with Gasteiger partial charge in [0.15, 0.2) is 0 Å². The van der Waals surface area contributed by atoms with Gasteiger partial charge in [0.05, 0.1) is 56.6 Å². The highest BCUT2D eigenvalue weighted by Gasteiger charge is 2.37. The number of fused-ring (bicyclic) bond motifs is 12. The van der Waals surface area contributed by atoms with E-state index in [0.29, 0.717) is 22.6 Å². The Hall–Kier alpha value is -7.86. The summed E-state index contributed by atoms with van der Waals surface area (Å²) >= 11 is 0. The predicted octanol–water partition coefficient (Wildman–Crippen LogP) is 13.7. The Morgan fingerprint density at radius 3 is 1.40 bits per heavy atom. The highest BCUT2D eigenvalue weighted by atomic mass is 15.0. The Morgan fingerprint density at radius 1 is 0.466 bits per heavy atom. The van der Waals surface area contributed by atoms with E-state index in [1.54, 1.807) is 0 Å². The molecule has 0 bridgehead atoms. The highest BCUT2D eigenvalue weighted by Crippen LogP contribution is 2.53. The summed E-state index contributed by atoms with van der Waals surface area (Å²) < 4.78 is 6.74. The molecule has 0 spiro atoms. The van der Waals surface area contributed by atoms with Crippen LogP contribution in [0.1, 0.15) is 30.5 Å². The van der Waals surface area contributed by atoms with Crippen LogP contribution in [-0.2, 0) is 5.41 Å². The predicted molar refractivity (Wildman–Crippen MR) is 238 cm³/mol. The van der Waals surface area contributed by atoms with Gasteiger partial charge in [0.25, 0.3) is 0 Å². The summed E-state index contributed by atoms with van der Waals surface area (Å²) in [7, 11) is 0. The van der Waals surface area contributed by atoms with Crippen LogP contribution in [0, 0.1) is 17.9 Å². The van der Waals surface area contributed by atoms with Gasteiger partial charge in [-0.25, -0.2) is 4.85 Å². The number of nitriles is 1. The van der Waals surface area contributed by atoms with Gasteiger partial charge in [0, 0.05) is 43.4 Å². The van der Waals surface area contributed by atoms with Gasteiger partial charge in [0.1, 0.15) is 6.07 Å². The monoisotopic (exact) mass is 739 g/mol. The van der Waals surface area contributed by atoms with Crippen LogP contribution in [0.3, 0.4) is 0 Å². The normalized spacial score (nSPS) is 13.1. The number of rotatable bonds is 3. The zero-order valence-electron chi connectivity index (χ0n) is 31.8. The molecule has 8 aromatic carbocycles. The van der Waals surface area contributed by atoms with Gasteiger partial charge < -0.3 is 13.7 Å². The molecule has 0 unspecified atom stereocenters. The molecule has 58 heavy (non-hydrogen) atoms. The molecule has 0 aliphatic heterocycles. The van der Waals surface area contributed by atoms with Crippen molar-refractivity contribution < 1.29 is 0 Å². The van der Waals surface area contributed by atoms with Crippen molar-refractivity contribution in [2.24, 2.45) is 0 Å². The minimum atomic E-state index is -0.312. The van der Waals surface area contributed by atoms with Gasteiger partial charge in [-0.15, -0.1) is 0 Å². The number of hydrogen-bond acceptors (Lipinski definition) is 1. The largest absolute Gasteiger partial charge is 0.319 e. The van der Waals surface area contributed by atoms with Crippen molar-refractivity contribution in [3.63, 3.8) is 0 Å². The Bertz CT molecular complexity index is 3620. The topological polar surface area (TPSA) is 42.9 Å². The first-order chi connectivity index (χ1) is 28.5. The van der Waals surface area contributed by atoms with E-state index in [1.165, 1.54) is 44.1 Å². The number of benzene rings is 8. The van der Waals surface area contributed by atoms with Crippen molar-refractivity contribution in [2.75, 3.05) is 0 Å². The van der Waals surface area contributed by atoms with E-state index in [0.717, 1.165) is 49.3 Å². The summed E-state index contributed by atoms with van der Waals surface area (Å²) in [4.78, 5) is 4.17. The summed E-state index contributed by atoms with van der Waals surface area (Å²) in [6.45, 7) is 13.2. The minimum absolute atomic E-state index is 0.312. The first kappa shape index (κ1) is 32.4. The lowest BCUT2D eigenvalue weighted by atomic mass is 9.82. The van der Waals surface area contributed by atoms with Crippen LogP contribution in [0.25, 0.3) is 98.5 Å². The van der Waals surface area contributed by atoms with E-state index in [1.807, 2.05) is 36.4 Å². The van der Waals surface area contributed by atoms with E-state index < -0.39 is 0 Å². The second-order valence-corrected chi connectivity index (χ2v) is 15.9. The van der Waals surface area contributed by atoms with E-state index >= 15 is 0 Å². The number of nitrogens with zero attached hydrogens (tertiary/aromatic N) is 5. The Labute approximate surface area is 334 Å². The molecule has 11 aromatic rings.